The third-order valence-electron chi connectivity index (χ3n) is 3.81. The summed E-state index contributed by atoms with van der Waals surface area (Å²) in [6.07, 6.45) is 0.149. The molecule has 29 heavy (non-hydrogen) atoms. The number of thioether (sulfide) groups is 1. The van der Waals surface area contributed by atoms with Gasteiger partial charge in [-0.05, 0) is 29.6 Å². The summed E-state index contributed by atoms with van der Waals surface area (Å²) in [4.78, 5) is 24.6. The van der Waals surface area contributed by atoms with Crippen LogP contribution in [0.1, 0.15) is 6.42 Å². The van der Waals surface area contributed by atoms with Crippen LogP contribution in [-0.4, -0.2) is 39.4 Å². The lowest BCUT2D eigenvalue weighted by Gasteiger charge is -2.11. The molecule has 1 aromatic carbocycles. The van der Waals surface area contributed by atoms with Crippen molar-refractivity contribution >= 4 is 52.2 Å². The van der Waals surface area contributed by atoms with Crippen LogP contribution in [-0.2, 0) is 16.1 Å². The van der Waals surface area contributed by atoms with E-state index >= 15 is 0 Å². The Morgan fingerprint density at radius 3 is 2.86 bits per heavy atom. The lowest BCUT2D eigenvalue weighted by molar-refractivity contribution is -0.118. The van der Waals surface area contributed by atoms with Gasteiger partial charge in [-0.1, -0.05) is 29.4 Å². The molecule has 0 unspecified atom stereocenters. The number of benzene rings is 1. The topological polar surface area (TPSA) is 112 Å². The summed E-state index contributed by atoms with van der Waals surface area (Å²) in [5.41, 5.74) is 5.78. The number of thiophene rings is 1. The monoisotopic (exact) mass is 451 g/mol. The van der Waals surface area contributed by atoms with Crippen molar-refractivity contribution < 1.29 is 14.3 Å². The summed E-state index contributed by atoms with van der Waals surface area (Å²) in [6, 6.07) is 8.80. The van der Waals surface area contributed by atoms with Crippen LogP contribution < -0.4 is 15.8 Å². The number of nitrogens with one attached hydrogen (secondary N) is 1. The molecule has 0 bridgehead atoms. The first-order valence-corrected chi connectivity index (χ1v) is 10.7. The molecule has 0 aliphatic rings. The van der Waals surface area contributed by atoms with E-state index in [2.05, 4.69) is 15.5 Å². The number of rotatable bonds is 9. The van der Waals surface area contributed by atoms with Crippen LogP contribution in [0.4, 0.5) is 5.69 Å². The molecule has 2 aromatic heterocycles. The molecule has 0 saturated heterocycles. The van der Waals surface area contributed by atoms with Gasteiger partial charge in [0.25, 0.3) is 0 Å². The summed E-state index contributed by atoms with van der Waals surface area (Å²) >= 11 is 8.73. The highest BCUT2D eigenvalue weighted by atomic mass is 35.5. The fourth-order valence-corrected chi connectivity index (χ4v) is 4.16. The highest BCUT2D eigenvalue weighted by molar-refractivity contribution is 7.99. The minimum absolute atomic E-state index is 0.0921. The molecule has 0 radical (unpaired) electrons. The van der Waals surface area contributed by atoms with Crippen molar-refractivity contribution in [3.8, 4) is 16.5 Å². The van der Waals surface area contributed by atoms with Crippen molar-refractivity contribution in [3.05, 3.63) is 40.7 Å². The molecule has 2 heterocycles. The highest BCUT2D eigenvalue weighted by Crippen LogP contribution is 2.29. The minimum Gasteiger partial charge on any atom is -0.495 e. The van der Waals surface area contributed by atoms with E-state index in [0.29, 0.717) is 34.0 Å². The second-order valence-electron chi connectivity index (χ2n) is 5.83. The number of carbonyl (C=O) groups is 2. The molecule has 3 N–H and O–H groups in total. The number of primary amides is 1. The molecular weight excluding hydrogens is 434 g/mol. The lowest BCUT2D eigenvalue weighted by atomic mass is 10.3. The van der Waals surface area contributed by atoms with Crippen molar-refractivity contribution in [2.75, 3.05) is 18.2 Å². The Hall–Kier alpha value is -2.56. The number of anilines is 1. The van der Waals surface area contributed by atoms with Gasteiger partial charge in [0.2, 0.25) is 11.8 Å². The predicted octanol–water partition coefficient (Wildman–Crippen LogP) is 3.27. The van der Waals surface area contributed by atoms with Gasteiger partial charge in [-0.15, -0.1) is 21.5 Å². The zero-order chi connectivity index (χ0) is 20.8. The maximum atomic E-state index is 12.4. The average Bonchev–Trinajstić information content (AvgIpc) is 3.34. The molecule has 11 heteroatoms. The van der Waals surface area contributed by atoms with Gasteiger partial charge >= 0.3 is 0 Å². The van der Waals surface area contributed by atoms with Crippen LogP contribution >= 0.6 is 34.7 Å². The van der Waals surface area contributed by atoms with E-state index in [1.807, 2.05) is 17.5 Å². The van der Waals surface area contributed by atoms with Crippen LogP contribution in [0.5, 0.6) is 5.75 Å². The van der Waals surface area contributed by atoms with Crippen LogP contribution in [0.2, 0.25) is 5.02 Å². The Labute approximate surface area is 180 Å². The second kappa shape index (κ2) is 9.77. The van der Waals surface area contributed by atoms with Gasteiger partial charge in [0.15, 0.2) is 11.0 Å². The lowest BCUT2D eigenvalue weighted by Crippen LogP contribution is -2.17. The third kappa shape index (κ3) is 5.49. The summed E-state index contributed by atoms with van der Waals surface area (Å²) in [5.74, 6) is 0.572. The molecule has 0 spiro atoms. The molecule has 8 nitrogen and oxygen atoms in total. The number of hydrogen-bond acceptors (Lipinski definition) is 7. The molecule has 3 aromatic rings. The number of nitrogens with zero attached hydrogens (tertiary/aromatic N) is 3. The van der Waals surface area contributed by atoms with Gasteiger partial charge in [-0.3, -0.25) is 9.59 Å². The fourth-order valence-electron chi connectivity index (χ4n) is 2.50. The number of amides is 2. The van der Waals surface area contributed by atoms with Crippen molar-refractivity contribution in [3.63, 3.8) is 0 Å². The normalized spacial score (nSPS) is 10.7. The molecule has 152 valence electrons. The quantitative estimate of drug-likeness (QED) is 0.483. The molecule has 0 aliphatic heterocycles. The van der Waals surface area contributed by atoms with Crippen molar-refractivity contribution in [1.29, 1.82) is 0 Å². The van der Waals surface area contributed by atoms with Crippen molar-refractivity contribution in [2.24, 2.45) is 5.73 Å². The SMILES string of the molecule is COc1ccc(Cl)cc1NC(=O)CSc1nnc(-c2cccs2)n1CCC(N)=O. The Morgan fingerprint density at radius 2 is 2.17 bits per heavy atom. The van der Waals surface area contributed by atoms with Gasteiger partial charge < -0.3 is 20.4 Å². The first-order chi connectivity index (χ1) is 14.0. The number of hydrogen-bond donors (Lipinski definition) is 2. The van der Waals surface area contributed by atoms with Crippen molar-refractivity contribution in [2.45, 2.75) is 18.1 Å². The van der Waals surface area contributed by atoms with E-state index in [1.54, 1.807) is 22.8 Å². The minimum atomic E-state index is -0.419. The molecule has 2 amide bonds. The van der Waals surface area contributed by atoms with Gasteiger partial charge in [-0.25, -0.2) is 0 Å². The van der Waals surface area contributed by atoms with Crippen LogP contribution in [0.3, 0.4) is 0 Å². The zero-order valence-electron chi connectivity index (χ0n) is 15.4. The number of aromatic nitrogens is 3. The smallest absolute Gasteiger partial charge is 0.234 e. The first-order valence-electron chi connectivity index (χ1n) is 8.49. The van der Waals surface area contributed by atoms with Crippen molar-refractivity contribution in [1.82, 2.24) is 14.8 Å². The summed E-state index contributed by atoms with van der Waals surface area (Å²) in [5, 5.41) is 14.1. The molecular formula is C18H18ClN5O3S2. The second-order valence-corrected chi connectivity index (χ2v) is 8.16. The zero-order valence-corrected chi connectivity index (χ0v) is 17.8. The average molecular weight is 452 g/mol. The third-order valence-corrected chi connectivity index (χ3v) is 5.88. The first kappa shape index (κ1) is 21.2. The highest BCUT2D eigenvalue weighted by Gasteiger charge is 2.17. The predicted molar refractivity (Wildman–Crippen MR) is 115 cm³/mol. The van der Waals surface area contributed by atoms with E-state index < -0.39 is 5.91 Å². The van der Waals surface area contributed by atoms with Gasteiger partial charge in [0.1, 0.15) is 5.75 Å². The Kier molecular flexibility index (Phi) is 7.13. The Morgan fingerprint density at radius 1 is 1.34 bits per heavy atom. The standard InChI is InChI=1S/C18H18ClN5O3S2/c1-27-13-5-4-11(19)9-12(13)21-16(26)10-29-18-23-22-17(14-3-2-8-28-14)24(18)7-6-15(20)25/h2-5,8-9H,6-7,10H2,1H3,(H2,20,25)(H,21,26). The van der Waals surface area contributed by atoms with E-state index in [0.717, 1.165) is 4.88 Å². The number of nitrogens with two attached hydrogens (primary N) is 1. The maximum absolute atomic E-state index is 12.4. The number of methoxy groups -OCH3 is 1. The number of ether oxygens (including phenoxy) is 1. The summed E-state index contributed by atoms with van der Waals surface area (Å²) in [6.45, 7) is 0.335. The van der Waals surface area contributed by atoms with E-state index in [-0.39, 0.29) is 18.1 Å². The maximum Gasteiger partial charge on any atom is 0.234 e. The fraction of sp³-hybridized carbons (Fsp3) is 0.222. The molecule has 0 saturated carbocycles. The van der Waals surface area contributed by atoms with Gasteiger partial charge in [-0.2, -0.15) is 0 Å². The van der Waals surface area contributed by atoms with E-state index in [9.17, 15) is 9.59 Å². The Balaban J connectivity index is 1.72. The van der Waals surface area contributed by atoms with Gasteiger partial charge in [0, 0.05) is 18.0 Å². The van der Waals surface area contributed by atoms with Crippen LogP contribution in [0.15, 0.2) is 40.9 Å². The van der Waals surface area contributed by atoms with Crippen LogP contribution in [0.25, 0.3) is 10.7 Å². The summed E-state index contributed by atoms with van der Waals surface area (Å²) < 4.78 is 7.03. The van der Waals surface area contributed by atoms with E-state index in [1.165, 1.54) is 30.2 Å². The molecule has 0 fully saturated rings. The number of carbonyl (C=O) groups excluding carboxylic acids is 2. The molecule has 0 aliphatic carbocycles. The summed E-state index contributed by atoms with van der Waals surface area (Å²) in [7, 11) is 1.51. The largest absolute Gasteiger partial charge is 0.495 e. The molecule has 0 atom stereocenters. The number of halogens is 1. The van der Waals surface area contributed by atoms with Gasteiger partial charge in [0.05, 0.1) is 23.4 Å². The Bertz CT molecular complexity index is 1010. The van der Waals surface area contributed by atoms with E-state index in [4.69, 9.17) is 22.1 Å². The molecule has 3 rings (SSSR count). The van der Waals surface area contributed by atoms with Crippen LogP contribution in [0, 0.1) is 0 Å².